The molecule has 0 saturated carbocycles. The Labute approximate surface area is 109 Å². The highest BCUT2D eigenvalue weighted by atomic mass is 32.1. The van der Waals surface area contributed by atoms with Gasteiger partial charge in [0.1, 0.15) is 0 Å². The number of nitrogen functional groups attached to an aromatic ring is 1. The van der Waals surface area contributed by atoms with Gasteiger partial charge in [-0.05, 0) is 18.4 Å². The summed E-state index contributed by atoms with van der Waals surface area (Å²) in [5.41, 5.74) is 6.67. The van der Waals surface area contributed by atoms with E-state index in [1.54, 1.807) is 0 Å². The molecule has 0 atom stereocenters. The van der Waals surface area contributed by atoms with Gasteiger partial charge in [0.05, 0.1) is 0 Å². The lowest BCUT2D eigenvalue weighted by molar-refractivity contribution is -0.116. The molecule has 3 N–H and O–H groups in total. The van der Waals surface area contributed by atoms with E-state index in [4.69, 9.17) is 5.73 Å². The van der Waals surface area contributed by atoms with Gasteiger partial charge in [0, 0.05) is 6.42 Å². The maximum Gasteiger partial charge on any atom is 0.226 e. The fourth-order valence-corrected chi connectivity index (χ4v) is 2.09. The Morgan fingerprint density at radius 3 is 2.72 bits per heavy atom. The van der Waals surface area contributed by atoms with Crippen LogP contribution in [-0.2, 0) is 11.2 Å². The van der Waals surface area contributed by atoms with Gasteiger partial charge in [-0.25, -0.2) is 0 Å². The fraction of sp³-hybridized carbons (Fsp3) is 0.250. The van der Waals surface area contributed by atoms with Crippen LogP contribution in [0.25, 0.3) is 0 Å². The van der Waals surface area contributed by atoms with E-state index in [-0.39, 0.29) is 5.91 Å². The van der Waals surface area contributed by atoms with E-state index in [0.29, 0.717) is 16.7 Å². The zero-order valence-electron chi connectivity index (χ0n) is 9.80. The zero-order valence-corrected chi connectivity index (χ0v) is 10.6. The summed E-state index contributed by atoms with van der Waals surface area (Å²) in [4.78, 5) is 11.6. The summed E-state index contributed by atoms with van der Waals surface area (Å²) in [6, 6.07) is 10.1. The number of rotatable bonds is 5. The van der Waals surface area contributed by atoms with E-state index in [9.17, 15) is 4.79 Å². The summed E-state index contributed by atoms with van der Waals surface area (Å²) in [7, 11) is 0. The number of benzene rings is 1. The molecule has 94 valence electrons. The predicted octanol–water partition coefficient (Wildman–Crippen LogP) is 2.08. The third-order valence-electron chi connectivity index (χ3n) is 2.40. The van der Waals surface area contributed by atoms with Gasteiger partial charge >= 0.3 is 0 Å². The molecule has 2 aromatic rings. The second-order valence-corrected chi connectivity index (χ2v) is 4.84. The maximum atomic E-state index is 11.6. The molecule has 0 bridgehead atoms. The number of nitrogens with one attached hydrogen (secondary N) is 1. The first-order valence-corrected chi connectivity index (χ1v) is 6.48. The highest BCUT2D eigenvalue weighted by molar-refractivity contribution is 7.18. The van der Waals surface area contributed by atoms with Crippen molar-refractivity contribution in [3.63, 3.8) is 0 Å². The predicted molar refractivity (Wildman–Crippen MR) is 72.3 cm³/mol. The molecule has 0 aliphatic carbocycles. The van der Waals surface area contributed by atoms with Crippen LogP contribution in [0.3, 0.4) is 0 Å². The van der Waals surface area contributed by atoms with E-state index in [0.717, 1.165) is 12.8 Å². The van der Waals surface area contributed by atoms with Crippen LogP contribution in [0.5, 0.6) is 0 Å². The number of carbonyl (C=O) groups is 1. The van der Waals surface area contributed by atoms with Gasteiger partial charge < -0.3 is 11.1 Å². The minimum absolute atomic E-state index is 0.0536. The van der Waals surface area contributed by atoms with Gasteiger partial charge in [-0.2, -0.15) is 0 Å². The summed E-state index contributed by atoms with van der Waals surface area (Å²) < 4.78 is 0. The third-order valence-corrected chi connectivity index (χ3v) is 3.07. The molecule has 6 heteroatoms. The van der Waals surface area contributed by atoms with Crippen LogP contribution in [0.4, 0.5) is 10.3 Å². The maximum absolute atomic E-state index is 11.6. The van der Waals surface area contributed by atoms with E-state index in [1.165, 1.54) is 16.9 Å². The first-order chi connectivity index (χ1) is 8.74. The molecule has 1 aromatic heterocycles. The Morgan fingerprint density at radius 1 is 1.28 bits per heavy atom. The van der Waals surface area contributed by atoms with E-state index < -0.39 is 0 Å². The van der Waals surface area contributed by atoms with Gasteiger partial charge in [0.2, 0.25) is 16.2 Å². The minimum atomic E-state index is -0.0536. The fourth-order valence-electron chi connectivity index (χ4n) is 1.56. The Balaban J connectivity index is 1.72. The number of aromatic nitrogens is 2. The Hall–Kier alpha value is -1.95. The molecule has 0 fully saturated rings. The van der Waals surface area contributed by atoms with Gasteiger partial charge in [0.15, 0.2) is 0 Å². The molecular weight excluding hydrogens is 248 g/mol. The number of nitrogens with two attached hydrogens (primary N) is 1. The SMILES string of the molecule is Nc1nnc(NC(=O)CCCc2ccccc2)s1. The monoisotopic (exact) mass is 262 g/mol. The molecular formula is C12H14N4OS. The van der Waals surface area contributed by atoms with Crippen molar-refractivity contribution in [3.05, 3.63) is 35.9 Å². The lowest BCUT2D eigenvalue weighted by Crippen LogP contribution is -2.11. The molecule has 0 radical (unpaired) electrons. The van der Waals surface area contributed by atoms with Gasteiger partial charge in [-0.1, -0.05) is 41.7 Å². The number of aryl methyl sites for hydroxylation is 1. The van der Waals surface area contributed by atoms with Crippen molar-refractivity contribution in [3.8, 4) is 0 Å². The summed E-state index contributed by atoms with van der Waals surface area (Å²) in [5, 5.41) is 10.8. The molecule has 1 heterocycles. The highest BCUT2D eigenvalue weighted by Crippen LogP contribution is 2.16. The van der Waals surface area contributed by atoms with Gasteiger partial charge in [-0.3, -0.25) is 4.79 Å². The van der Waals surface area contributed by atoms with Crippen LogP contribution < -0.4 is 11.1 Å². The summed E-state index contributed by atoms with van der Waals surface area (Å²) in [6.45, 7) is 0. The molecule has 0 saturated heterocycles. The summed E-state index contributed by atoms with van der Waals surface area (Å²) in [5.74, 6) is -0.0536. The first-order valence-electron chi connectivity index (χ1n) is 5.67. The van der Waals surface area contributed by atoms with Crippen LogP contribution in [0.1, 0.15) is 18.4 Å². The van der Waals surface area contributed by atoms with Crippen molar-refractivity contribution in [2.75, 3.05) is 11.1 Å². The van der Waals surface area contributed by atoms with Crippen molar-refractivity contribution < 1.29 is 4.79 Å². The van der Waals surface area contributed by atoms with Gasteiger partial charge in [-0.15, -0.1) is 10.2 Å². The average Bonchev–Trinajstić information content (AvgIpc) is 2.76. The van der Waals surface area contributed by atoms with E-state index >= 15 is 0 Å². The number of amides is 1. The molecule has 18 heavy (non-hydrogen) atoms. The second kappa shape index (κ2) is 6.11. The molecule has 2 rings (SSSR count). The number of hydrogen-bond acceptors (Lipinski definition) is 5. The Bertz CT molecular complexity index is 512. The van der Waals surface area contributed by atoms with Crippen LogP contribution in [-0.4, -0.2) is 16.1 Å². The van der Waals surface area contributed by atoms with Crippen LogP contribution in [0, 0.1) is 0 Å². The molecule has 0 unspecified atom stereocenters. The van der Waals surface area contributed by atoms with Crippen molar-refractivity contribution in [2.24, 2.45) is 0 Å². The van der Waals surface area contributed by atoms with Crippen LogP contribution in [0.2, 0.25) is 0 Å². The molecule has 1 aromatic carbocycles. The number of nitrogens with zero attached hydrogens (tertiary/aromatic N) is 2. The molecule has 0 aliphatic rings. The third kappa shape index (κ3) is 3.81. The zero-order chi connectivity index (χ0) is 12.8. The highest BCUT2D eigenvalue weighted by Gasteiger charge is 2.06. The summed E-state index contributed by atoms with van der Waals surface area (Å²) >= 11 is 1.17. The van der Waals surface area contributed by atoms with Crippen molar-refractivity contribution in [2.45, 2.75) is 19.3 Å². The van der Waals surface area contributed by atoms with E-state index in [2.05, 4.69) is 27.6 Å². The number of hydrogen-bond donors (Lipinski definition) is 2. The minimum Gasteiger partial charge on any atom is -0.374 e. The van der Waals surface area contributed by atoms with Crippen molar-refractivity contribution in [1.82, 2.24) is 10.2 Å². The van der Waals surface area contributed by atoms with Gasteiger partial charge in [0.25, 0.3) is 0 Å². The Morgan fingerprint density at radius 2 is 2.06 bits per heavy atom. The molecule has 5 nitrogen and oxygen atoms in total. The largest absolute Gasteiger partial charge is 0.374 e. The lowest BCUT2D eigenvalue weighted by atomic mass is 10.1. The van der Waals surface area contributed by atoms with Crippen molar-refractivity contribution >= 4 is 27.5 Å². The average molecular weight is 262 g/mol. The topological polar surface area (TPSA) is 80.9 Å². The normalized spacial score (nSPS) is 10.2. The number of carbonyl (C=O) groups excluding carboxylic acids is 1. The molecule has 0 aliphatic heterocycles. The smallest absolute Gasteiger partial charge is 0.226 e. The lowest BCUT2D eigenvalue weighted by Gasteiger charge is -2.01. The summed E-state index contributed by atoms with van der Waals surface area (Å²) in [6.07, 6.45) is 2.17. The van der Waals surface area contributed by atoms with Crippen LogP contribution >= 0.6 is 11.3 Å². The quantitative estimate of drug-likeness (QED) is 0.864. The standard InChI is InChI=1S/C12H14N4OS/c13-11-15-16-12(18-11)14-10(17)8-4-7-9-5-2-1-3-6-9/h1-3,5-6H,4,7-8H2,(H2,13,15)(H,14,16,17). The first kappa shape index (κ1) is 12.5. The van der Waals surface area contributed by atoms with Crippen molar-refractivity contribution in [1.29, 1.82) is 0 Å². The Kier molecular flexibility index (Phi) is 4.25. The number of anilines is 2. The van der Waals surface area contributed by atoms with E-state index in [1.807, 2.05) is 18.2 Å². The molecule has 0 spiro atoms. The van der Waals surface area contributed by atoms with Crippen LogP contribution in [0.15, 0.2) is 30.3 Å². The second-order valence-electron chi connectivity index (χ2n) is 3.83. The molecule has 1 amide bonds.